The van der Waals surface area contributed by atoms with Gasteiger partial charge in [0.25, 0.3) is 5.56 Å². The van der Waals surface area contributed by atoms with E-state index in [9.17, 15) is 4.79 Å². The van der Waals surface area contributed by atoms with E-state index in [1.54, 1.807) is 0 Å². The third-order valence-corrected chi connectivity index (χ3v) is 5.11. The number of halogens is 1. The molecule has 0 saturated carbocycles. The number of fused-ring (bicyclic) bond motifs is 1. The molecule has 2 aromatic heterocycles. The first-order chi connectivity index (χ1) is 11.6. The molecule has 4 rings (SSSR count). The molecule has 0 aliphatic heterocycles. The number of nitrogens with zero attached hydrogens (tertiary/aromatic N) is 3. The van der Waals surface area contributed by atoms with Crippen molar-refractivity contribution in [1.29, 1.82) is 0 Å². The van der Waals surface area contributed by atoms with Crippen molar-refractivity contribution in [2.45, 2.75) is 6.92 Å². The highest BCUT2D eigenvalue weighted by atomic mass is 79.9. The van der Waals surface area contributed by atoms with Gasteiger partial charge in [-0.05, 0) is 36.8 Å². The molecule has 118 valence electrons. The third kappa shape index (κ3) is 2.79. The number of aromatic nitrogens is 3. The summed E-state index contributed by atoms with van der Waals surface area (Å²) in [7, 11) is 0. The molecule has 6 heteroatoms. The van der Waals surface area contributed by atoms with Gasteiger partial charge in [0.1, 0.15) is 0 Å². The second-order valence-electron chi connectivity index (χ2n) is 5.47. The van der Waals surface area contributed by atoms with Crippen molar-refractivity contribution in [2.75, 3.05) is 0 Å². The van der Waals surface area contributed by atoms with Crippen LogP contribution >= 0.6 is 27.3 Å². The number of aryl methyl sites for hydroxylation is 1. The molecule has 24 heavy (non-hydrogen) atoms. The Bertz CT molecular complexity index is 1150. The summed E-state index contributed by atoms with van der Waals surface area (Å²) in [5, 5.41) is 4.38. The van der Waals surface area contributed by atoms with Gasteiger partial charge in [-0.15, -0.1) is 5.10 Å². The molecule has 0 bridgehead atoms. The van der Waals surface area contributed by atoms with E-state index in [1.165, 1.54) is 15.9 Å². The van der Waals surface area contributed by atoms with Gasteiger partial charge in [0, 0.05) is 10.0 Å². The lowest BCUT2D eigenvalue weighted by atomic mass is 10.1. The lowest BCUT2D eigenvalue weighted by Crippen LogP contribution is -2.23. The maximum absolute atomic E-state index is 12.5. The predicted molar refractivity (Wildman–Crippen MR) is 100 cm³/mol. The number of benzene rings is 2. The molecule has 0 fully saturated rings. The Hall–Kier alpha value is -2.31. The van der Waals surface area contributed by atoms with Crippen LogP contribution in [0.15, 0.2) is 57.8 Å². The lowest BCUT2D eigenvalue weighted by Gasteiger charge is -1.95. The molecule has 0 N–H and O–H groups in total. The fraction of sp³-hybridized carbons (Fsp3) is 0.0556. The average Bonchev–Trinajstić information content (AvgIpc) is 3.10. The number of rotatable bonds is 2. The maximum atomic E-state index is 12.5. The van der Waals surface area contributed by atoms with Crippen molar-refractivity contribution in [3.63, 3.8) is 0 Å². The van der Waals surface area contributed by atoms with Crippen LogP contribution in [0, 0.1) is 6.92 Å². The van der Waals surface area contributed by atoms with Gasteiger partial charge in [-0.3, -0.25) is 4.79 Å². The van der Waals surface area contributed by atoms with Crippen molar-refractivity contribution < 1.29 is 0 Å². The number of hydrogen-bond acceptors (Lipinski definition) is 4. The first kappa shape index (κ1) is 15.2. The summed E-state index contributed by atoms with van der Waals surface area (Å²) in [6, 6.07) is 15.8. The minimum Gasteiger partial charge on any atom is -0.266 e. The Kier molecular flexibility index (Phi) is 3.78. The second-order valence-corrected chi connectivity index (χ2v) is 7.39. The minimum absolute atomic E-state index is 0.135. The molecule has 0 amide bonds. The summed E-state index contributed by atoms with van der Waals surface area (Å²) in [5.74, 6) is 0.581. The fourth-order valence-corrected chi connectivity index (χ4v) is 3.62. The summed E-state index contributed by atoms with van der Waals surface area (Å²) in [5.41, 5.74) is 2.89. The molecule has 4 aromatic rings. The van der Waals surface area contributed by atoms with E-state index in [1.807, 2.05) is 61.5 Å². The van der Waals surface area contributed by atoms with Crippen LogP contribution in [0.3, 0.4) is 0 Å². The van der Waals surface area contributed by atoms with Crippen LogP contribution in [-0.2, 0) is 0 Å². The zero-order valence-electron chi connectivity index (χ0n) is 12.7. The highest BCUT2D eigenvalue weighted by Crippen LogP contribution is 2.17. The van der Waals surface area contributed by atoms with Gasteiger partial charge in [-0.25, -0.2) is 0 Å². The highest BCUT2D eigenvalue weighted by Gasteiger charge is 2.11. The van der Waals surface area contributed by atoms with Crippen molar-refractivity contribution in [3.05, 3.63) is 79.0 Å². The van der Waals surface area contributed by atoms with Gasteiger partial charge in [-0.2, -0.15) is 9.50 Å². The van der Waals surface area contributed by atoms with Crippen LogP contribution in [0.1, 0.15) is 11.1 Å². The van der Waals surface area contributed by atoms with Gasteiger partial charge in [-0.1, -0.05) is 63.2 Å². The zero-order chi connectivity index (χ0) is 16.7. The second kappa shape index (κ2) is 5.96. The molecule has 2 heterocycles. The molecule has 0 unspecified atom stereocenters. The molecule has 0 aliphatic rings. The molecular formula is C18H12BrN3OS. The van der Waals surface area contributed by atoms with Crippen LogP contribution in [-0.4, -0.2) is 14.6 Å². The fourth-order valence-electron chi connectivity index (χ4n) is 2.45. The van der Waals surface area contributed by atoms with Crippen LogP contribution in [0.2, 0.25) is 0 Å². The van der Waals surface area contributed by atoms with E-state index in [2.05, 4.69) is 26.0 Å². The molecule has 0 aliphatic carbocycles. The van der Waals surface area contributed by atoms with Gasteiger partial charge in [0.15, 0.2) is 5.82 Å². The van der Waals surface area contributed by atoms with E-state index in [0.717, 1.165) is 21.2 Å². The Morgan fingerprint density at radius 3 is 2.67 bits per heavy atom. The molecule has 0 atom stereocenters. The SMILES string of the molecule is Cc1cccc(-c2nc3s/c(=C/c4ccc(Br)cc4)c(=O)n3n2)c1. The normalized spacial score (nSPS) is 12.2. The Balaban J connectivity index is 1.81. The van der Waals surface area contributed by atoms with Crippen molar-refractivity contribution in [2.24, 2.45) is 0 Å². The van der Waals surface area contributed by atoms with Gasteiger partial charge in [0.05, 0.1) is 4.53 Å². The van der Waals surface area contributed by atoms with Crippen LogP contribution < -0.4 is 10.1 Å². The summed E-state index contributed by atoms with van der Waals surface area (Å²) in [4.78, 5) is 17.7. The van der Waals surface area contributed by atoms with Gasteiger partial charge >= 0.3 is 0 Å². The van der Waals surface area contributed by atoms with E-state index >= 15 is 0 Å². The van der Waals surface area contributed by atoms with Crippen LogP contribution in [0.25, 0.3) is 22.4 Å². The van der Waals surface area contributed by atoms with Crippen LogP contribution in [0.4, 0.5) is 0 Å². The summed E-state index contributed by atoms with van der Waals surface area (Å²) < 4.78 is 3.02. The van der Waals surface area contributed by atoms with E-state index in [0.29, 0.717) is 15.3 Å². The van der Waals surface area contributed by atoms with E-state index in [4.69, 9.17) is 0 Å². The van der Waals surface area contributed by atoms with Gasteiger partial charge in [0.2, 0.25) is 4.96 Å². The first-order valence-electron chi connectivity index (χ1n) is 7.34. The average molecular weight is 398 g/mol. The summed E-state index contributed by atoms with van der Waals surface area (Å²) in [6.07, 6.45) is 1.86. The van der Waals surface area contributed by atoms with Crippen molar-refractivity contribution >= 4 is 38.3 Å². The van der Waals surface area contributed by atoms with E-state index < -0.39 is 0 Å². The van der Waals surface area contributed by atoms with Crippen molar-refractivity contribution in [3.8, 4) is 11.4 Å². The third-order valence-electron chi connectivity index (χ3n) is 3.63. The Morgan fingerprint density at radius 2 is 1.96 bits per heavy atom. The summed E-state index contributed by atoms with van der Waals surface area (Å²) in [6.45, 7) is 2.02. The molecule has 4 nitrogen and oxygen atoms in total. The Labute approximate surface area is 150 Å². The quantitative estimate of drug-likeness (QED) is 0.520. The first-order valence-corrected chi connectivity index (χ1v) is 8.95. The lowest BCUT2D eigenvalue weighted by molar-refractivity contribution is 0.936. The number of thiazole rings is 1. The van der Waals surface area contributed by atoms with E-state index in [-0.39, 0.29) is 5.56 Å². The smallest absolute Gasteiger partial charge is 0.266 e. The monoisotopic (exact) mass is 397 g/mol. The Morgan fingerprint density at radius 1 is 1.17 bits per heavy atom. The summed E-state index contributed by atoms with van der Waals surface area (Å²) >= 11 is 4.76. The molecule has 0 radical (unpaired) electrons. The molecule has 2 aromatic carbocycles. The zero-order valence-corrected chi connectivity index (χ0v) is 15.1. The highest BCUT2D eigenvalue weighted by molar-refractivity contribution is 9.10. The largest absolute Gasteiger partial charge is 0.291 e. The maximum Gasteiger partial charge on any atom is 0.291 e. The van der Waals surface area contributed by atoms with Gasteiger partial charge < -0.3 is 0 Å². The molecule has 0 saturated heterocycles. The topological polar surface area (TPSA) is 47.3 Å². The standard InChI is InChI=1S/C18H12BrN3OS/c1-11-3-2-4-13(9-11)16-20-18-22(21-16)17(23)15(24-18)10-12-5-7-14(19)8-6-12/h2-10H,1H3/b15-10+. The minimum atomic E-state index is -0.135. The van der Waals surface area contributed by atoms with Crippen molar-refractivity contribution in [1.82, 2.24) is 14.6 Å². The molecule has 0 spiro atoms. The predicted octanol–water partition coefficient (Wildman–Crippen LogP) is 3.44. The number of hydrogen-bond donors (Lipinski definition) is 0. The van der Waals surface area contributed by atoms with Crippen LogP contribution in [0.5, 0.6) is 0 Å². The molecular weight excluding hydrogens is 386 g/mol.